The van der Waals surface area contributed by atoms with E-state index in [0.29, 0.717) is 6.54 Å². The van der Waals surface area contributed by atoms with Crippen molar-refractivity contribution in [3.8, 4) is 6.07 Å². The molecule has 0 spiro atoms. The predicted octanol–water partition coefficient (Wildman–Crippen LogP) is 4.72. The molecule has 30 heavy (non-hydrogen) atoms. The summed E-state index contributed by atoms with van der Waals surface area (Å²) in [4.78, 5) is 19.6. The van der Waals surface area contributed by atoms with Crippen molar-refractivity contribution in [2.24, 2.45) is 10.1 Å². The number of benzene rings is 2. The molecule has 1 atom stereocenters. The Morgan fingerprint density at radius 3 is 2.80 bits per heavy atom. The zero-order valence-corrected chi connectivity index (χ0v) is 17.9. The van der Waals surface area contributed by atoms with Crippen LogP contribution in [0.5, 0.6) is 0 Å². The third kappa shape index (κ3) is 4.10. The molecule has 0 unspecified atom stereocenters. The highest BCUT2D eigenvalue weighted by molar-refractivity contribution is 8.14. The molecule has 0 aromatic heterocycles. The second-order valence-corrected chi connectivity index (χ2v) is 8.38. The first-order valence-corrected chi connectivity index (χ1v) is 10.9. The van der Waals surface area contributed by atoms with Gasteiger partial charge in [0.05, 0.1) is 30.0 Å². The molecule has 6 nitrogen and oxygen atoms in total. The van der Waals surface area contributed by atoms with Gasteiger partial charge in [-0.15, -0.1) is 0 Å². The van der Waals surface area contributed by atoms with Crippen LogP contribution in [0.15, 0.2) is 52.6 Å². The van der Waals surface area contributed by atoms with E-state index in [9.17, 15) is 4.79 Å². The molecule has 0 aliphatic carbocycles. The minimum absolute atomic E-state index is 0.0402. The number of para-hydroxylation sites is 1. The lowest BCUT2D eigenvalue weighted by Crippen LogP contribution is -2.35. The molecular weight excluding hydrogens is 394 g/mol. The summed E-state index contributed by atoms with van der Waals surface area (Å²) in [7, 11) is 0. The third-order valence-corrected chi connectivity index (χ3v) is 6.06. The van der Waals surface area contributed by atoms with Crippen LogP contribution in [-0.2, 0) is 4.79 Å². The van der Waals surface area contributed by atoms with Crippen LogP contribution in [0.3, 0.4) is 0 Å². The highest BCUT2D eigenvalue weighted by atomic mass is 32.2. The van der Waals surface area contributed by atoms with Crippen molar-refractivity contribution in [2.75, 3.05) is 17.2 Å². The molecular formula is C23H23N5OS. The summed E-state index contributed by atoms with van der Waals surface area (Å²) in [6.45, 7) is 4.40. The van der Waals surface area contributed by atoms with Crippen molar-refractivity contribution < 1.29 is 4.79 Å². The summed E-state index contributed by atoms with van der Waals surface area (Å²) in [5.74, 6) is 0.194. The van der Waals surface area contributed by atoms with Crippen LogP contribution in [0.2, 0.25) is 0 Å². The molecule has 2 heterocycles. The standard InChI is InChI=1S/C23H23N5OS/c1-16-12-17(2)14-18(13-16)27(11-5-9-24)22(29)15-30-23-26-20-7-4-3-6-19(20)21-8-10-25-28(21)23/h3-4,6-7,10,12-14,21H,5,8,11,15H2,1-2H3/t21-/m0/s1. The Morgan fingerprint density at radius 2 is 2.03 bits per heavy atom. The van der Waals surface area contributed by atoms with Gasteiger partial charge in [0, 0.05) is 30.4 Å². The number of carbonyl (C=O) groups excluding carboxylic acids is 1. The minimum atomic E-state index is -0.0402. The smallest absolute Gasteiger partial charge is 0.237 e. The van der Waals surface area contributed by atoms with Gasteiger partial charge >= 0.3 is 0 Å². The number of amides is 1. The molecule has 0 bridgehead atoms. The summed E-state index contributed by atoms with van der Waals surface area (Å²) in [5.41, 5.74) is 5.12. The Hall–Kier alpha value is -3.11. The van der Waals surface area contributed by atoms with E-state index in [2.05, 4.69) is 23.3 Å². The lowest BCUT2D eigenvalue weighted by Gasteiger charge is -2.30. The van der Waals surface area contributed by atoms with Crippen LogP contribution in [0.1, 0.15) is 35.6 Å². The highest BCUT2D eigenvalue weighted by Crippen LogP contribution is 2.40. The van der Waals surface area contributed by atoms with Crippen molar-refractivity contribution in [1.82, 2.24) is 5.01 Å². The van der Waals surface area contributed by atoms with Crippen molar-refractivity contribution in [1.29, 1.82) is 5.26 Å². The van der Waals surface area contributed by atoms with Gasteiger partial charge in [-0.25, -0.2) is 10.0 Å². The van der Waals surface area contributed by atoms with Crippen LogP contribution in [0.4, 0.5) is 11.4 Å². The summed E-state index contributed by atoms with van der Waals surface area (Å²) in [5, 5.41) is 16.2. The first kappa shape index (κ1) is 20.2. The zero-order chi connectivity index (χ0) is 21.1. The van der Waals surface area contributed by atoms with Gasteiger partial charge in [0.2, 0.25) is 5.91 Å². The normalized spacial score (nSPS) is 16.5. The molecule has 0 N–H and O–H groups in total. The average molecular weight is 418 g/mol. The lowest BCUT2D eigenvalue weighted by atomic mass is 10.0. The maximum Gasteiger partial charge on any atom is 0.237 e. The maximum absolute atomic E-state index is 13.1. The largest absolute Gasteiger partial charge is 0.311 e. The van der Waals surface area contributed by atoms with Crippen LogP contribution in [-0.4, -0.2) is 34.6 Å². The molecule has 2 aliphatic heterocycles. The number of aliphatic imine (C=N–C) groups is 1. The zero-order valence-electron chi connectivity index (χ0n) is 17.1. The molecule has 2 aromatic rings. The quantitative estimate of drug-likeness (QED) is 0.706. The molecule has 2 aliphatic rings. The molecule has 2 aromatic carbocycles. The number of amidine groups is 1. The monoisotopic (exact) mass is 417 g/mol. The van der Waals surface area contributed by atoms with E-state index in [1.807, 2.05) is 55.4 Å². The second kappa shape index (κ2) is 8.72. The number of fused-ring (bicyclic) bond motifs is 3. The lowest BCUT2D eigenvalue weighted by molar-refractivity contribution is -0.116. The molecule has 7 heteroatoms. The van der Waals surface area contributed by atoms with Crippen molar-refractivity contribution in [3.63, 3.8) is 0 Å². The van der Waals surface area contributed by atoms with Gasteiger partial charge < -0.3 is 4.90 Å². The van der Waals surface area contributed by atoms with Gasteiger partial charge in [-0.3, -0.25) is 4.79 Å². The average Bonchev–Trinajstić information content (AvgIpc) is 3.22. The number of carbonyl (C=O) groups is 1. The summed E-state index contributed by atoms with van der Waals surface area (Å²) in [6, 6.07) is 16.4. The van der Waals surface area contributed by atoms with Crippen molar-refractivity contribution in [2.45, 2.75) is 32.7 Å². The number of anilines is 1. The van der Waals surface area contributed by atoms with Crippen molar-refractivity contribution in [3.05, 3.63) is 59.2 Å². The number of nitriles is 1. The highest BCUT2D eigenvalue weighted by Gasteiger charge is 2.33. The van der Waals surface area contributed by atoms with Crippen LogP contribution >= 0.6 is 11.8 Å². The van der Waals surface area contributed by atoms with Gasteiger partial charge in [-0.1, -0.05) is 36.0 Å². The Bertz CT molecular complexity index is 1050. The number of hydrazone groups is 1. The topological polar surface area (TPSA) is 72.1 Å². The number of hydrogen-bond acceptors (Lipinski definition) is 6. The van der Waals surface area contributed by atoms with Gasteiger partial charge in [-0.05, 0) is 43.2 Å². The molecule has 0 radical (unpaired) electrons. The first-order chi connectivity index (χ1) is 14.6. The molecule has 1 amide bonds. The van der Waals surface area contributed by atoms with Crippen LogP contribution in [0, 0.1) is 25.2 Å². The molecule has 152 valence electrons. The number of thioether (sulfide) groups is 1. The SMILES string of the molecule is Cc1cc(C)cc(N(CCC#N)C(=O)CSC2=Nc3ccccc3[C@@H]3CC=NN23)c1. The van der Waals surface area contributed by atoms with E-state index >= 15 is 0 Å². The van der Waals surface area contributed by atoms with Crippen LogP contribution < -0.4 is 4.90 Å². The van der Waals surface area contributed by atoms with Crippen LogP contribution in [0.25, 0.3) is 0 Å². The Labute approximate surface area is 180 Å². The summed E-state index contributed by atoms with van der Waals surface area (Å²) >= 11 is 1.40. The fourth-order valence-corrected chi connectivity index (χ4v) is 4.73. The molecule has 4 rings (SSSR count). The van der Waals surface area contributed by atoms with Gasteiger partial charge in [-0.2, -0.15) is 10.4 Å². The van der Waals surface area contributed by atoms with E-state index in [4.69, 9.17) is 10.3 Å². The summed E-state index contributed by atoms with van der Waals surface area (Å²) < 4.78 is 0. The Balaban J connectivity index is 1.54. The van der Waals surface area contributed by atoms with Gasteiger partial charge in [0.15, 0.2) is 5.17 Å². The second-order valence-electron chi connectivity index (χ2n) is 7.44. The third-order valence-electron chi connectivity index (χ3n) is 5.13. The van der Waals surface area contributed by atoms with Crippen molar-refractivity contribution >= 4 is 40.4 Å². The Morgan fingerprint density at radius 1 is 1.27 bits per heavy atom. The number of rotatable bonds is 5. The van der Waals surface area contributed by atoms with E-state index in [-0.39, 0.29) is 24.1 Å². The number of aryl methyl sites for hydroxylation is 2. The number of nitrogens with zero attached hydrogens (tertiary/aromatic N) is 5. The predicted molar refractivity (Wildman–Crippen MR) is 122 cm³/mol. The van der Waals surface area contributed by atoms with Gasteiger partial charge in [0.25, 0.3) is 0 Å². The van der Waals surface area contributed by atoms with E-state index in [0.717, 1.165) is 39.7 Å². The molecule has 0 saturated carbocycles. The minimum Gasteiger partial charge on any atom is -0.311 e. The maximum atomic E-state index is 13.1. The first-order valence-electron chi connectivity index (χ1n) is 9.94. The summed E-state index contributed by atoms with van der Waals surface area (Å²) in [6.07, 6.45) is 3.02. The fraction of sp³-hybridized carbons (Fsp3) is 0.304. The fourth-order valence-electron chi connectivity index (χ4n) is 3.85. The van der Waals surface area contributed by atoms with Gasteiger partial charge in [0.1, 0.15) is 0 Å². The van der Waals surface area contributed by atoms with E-state index in [1.165, 1.54) is 11.8 Å². The molecule has 0 fully saturated rings. The van der Waals surface area contributed by atoms with E-state index in [1.54, 1.807) is 4.90 Å². The number of hydrogen-bond donors (Lipinski definition) is 0. The van der Waals surface area contributed by atoms with E-state index < -0.39 is 0 Å². The Kier molecular flexibility index (Phi) is 5.86. The molecule has 0 saturated heterocycles.